The molecule has 0 amide bonds. The van der Waals surface area contributed by atoms with E-state index in [0.29, 0.717) is 5.78 Å². The number of ketones is 1. The summed E-state index contributed by atoms with van der Waals surface area (Å²) < 4.78 is 0. The lowest BCUT2D eigenvalue weighted by Crippen LogP contribution is -2.16. The Kier molecular flexibility index (Phi) is 10.1. The van der Waals surface area contributed by atoms with E-state index in [1.165, 1.54) is 64.2 Å². The van der Waals surface area contributed by atoms with Gasteiger partial charge in [-0.15, -0.1) is 0 Å². The van der Waals surface area contributed by atoms with Gasteiger partial charge in [0.2, 0.25) is 0 Å². The largest absolute Gasteiger partial charge is 0.300 e. The Labute approximate surface area is 126 Å². The molecule has 1 unspecified atom stereocenters. The Balaban J connectivity index is 1.98. The molecule has 0 spiro atoms. The molecule has 1 atom stereocenters. The number of carbonyl (C=O) groups excluding carboxylic acids is 1. The Morgan fingerprint density at radius 3 is 2.30 bits per heavy atom. The number of unbranched alkanes of at least 4 members (excludes halogenated alkanes) is 5. The molecule has 1 heteroatoms. The molecule has 1 aliphatic rings. The lowest BCUT2D eigenvalue weighted by atomic mass is 9.79. The van der Waals surface area contributed by atoms with E-state index in [9.17, 15) is 4.79 Å². The molecule has 1 saturated carbocycles. The summed E-state index contributed by atoms with van der Waals surface area (Å²) in [6, 6.07) is 0. The van der Waals surface area contributed by atoms with Crippen LogP contribution in [0.1, 0.15) is 104 Å². The van der Waals surface area contributed by atoms with E-state index < -0.39 is 0 Å². The molecular formula is C19H36O. The lowest BCUT2D eigenvalue weighted by Gasteiger charge is -2.27. The highest BCUT2D eigenvalue weighted by atomic mass is 16.1. The van der Waals surface area contributed by atoms with Crippen LogP contribution in [0, 0.1) is 11.8 Å². The first-order valence-corrected chi connectivity index (χ1v) is 9.25. The molecule has 1 nitrogen and oxygen atoms in total. The molecule has 0 radical (unpaired) electrons. The highest BCUT2D eigenvalue weighted by Gasteiger charge is 2.20. The molecule has 0 saturated heterocycles. The summed E-state index contributed by atoms with van der Waals surface area (Å²) in [5.41, 5.74) is 0. The van der Waals surface area contributed by atoms with E-state index in [0.717, 1.165) is 37.5 Å². The minimum atomic E-state index is 0.517. The van der Waals surface area contributed by atoms with Crippen molar-refractivity contribution in [3.05, 3.63) is 0 Å². The summed E-state index contributed by atoms with van der Waals surface area (Å²) in [6.45, 7) is 4.62. The first-order chi connectivity index (χ1) is 9.74. The molecular weight excluding hydrogens is 244 g/mol. The van der Waals surface area contributed by atoms with E-state index in [2.05, 4.69) is 13.8 Å². The quantitative estimate of drug-likeness (QED) is 0.406. The highest BCUT2D eigenvalue weighted by molar-refractivity contribution is 5.78. The van der Waals surface area contributed by atoms with Gasteiger partial charge >= 0.3 is 0 Å². The summed E-state index contributed by atoms with van der Waals surface area (Å²) in [7, 11) is 0. The van der Waals surface area contributed by atoms with Gasteiger partial charge in [-0.2, -0.15) is 0 Å². The third-order valence-electron chi connectivity index (χ3n) is 5.14. The van der Waals surface area contributed by atoms with Crippen LogP contribution in [0.3, 0.4) is 0 Å². The average Bonchev–Trinajstić information content (AvgIpc) is 2.49. The van der Waals surface area contributed by atoms with Crippen molar-refractivity contribution >= 4 is 5.78 Å². The topological polar surface area (TPSA) is 17.1 Å². The number of hydrogen-bond donors (Lipinski definition) is 0. The summed E-state index contributed by atoms with van der Waals surface area (Å²) in [5.74, 6) is 2.19. The van der Waals surface area contributed by atoms with Gasteiger partial charge < -0.3 is 0 Å². The Hall–Kier alpha value is -0.330. The summed E-state index contributed by atoms with van der Waals surface area (Å²) >= 11 is 0. The van der Waals surface area contributed by atoms with Crippen molar-refractivity contribution in [2.45, 2.75) is 104 Å². The predicted molar refractivity (Wildman–Crippen MR) is 88.0 cm³/mol. The fourth-order valence-corrected chi connectivity index (χ4v) is 3.56. The molecule has 1 fully saturated rings. The zero-order valence-electron chi connectivity index (χ0n) is 14.0. The smallest absolute Gasteiger partial charge is 0.132 e. The standard InChI is InChI=1S/C19H36O/c1-3-4-5-6-7-11-14-19(20)16-15-17(2)18-12-9-8-10-13-18/h17-18H,3-16H2,1-2H3. The van der Waals surface area contributed by atoms with Crippen LogP contribution >= 0.6 is 0 Å². The molecule has 1 aliphatic carbocycles. The second-order valence-corrected chi connectivity index (χ2v) is 6.97. The van der Waals surface area contributed by atoms with Crippen LogP contribution in [0.15, 0.2) is 0 Å². The van der Waals surface area contributed by atoms with Crippen molar-refractivity contribution in [2.24, 2.45) is 11.8 Å². The van der Waals surface area contributed by atoms with Crippen LogP contribution in [0.5, 0.6) is 0 Å². The van der Waals surface area contributed by atoms with E-state index >= 15 is 0 Å². The lowest BCUT2D eigenvalue weighted by molar-refractivity contribution is -0.119. The molecule has 0 N–H and O–H groups in total. The fraction of sp³-hybridized carbons (Fsp3) is 0.947. The molecule has 0 aliphatic heterocycles. The minimum Gasteiger partial charge on any atom is -0.300 e. The zero-order chi connectivity index (χ0) is 14.6. The third-order valence-corrected chi connectivity index (χ3v) is 5.14. The number of rotatable bonds is 11. The zero-order valence-corrected chi connectivity index (χ0v) is 14.0. The van der Waals surface area contributed by atoms with Crippen molar-refractivity contribution in [1.29, 1.82) is 0 Å². The van der Waals surface area contributed by atoms with Crippen LogP contribution < -0.4 is 0 Å². The first-order valence-electron chi connectivity index (χ1n) is 9.25. The maximum atomic E-state index is 11.9. The molecule has 0 heterocycles. The molecule has 0 bridgehead atoms. The van der Waals surface area contributed by atoms with Crippen molar-refractivity contribution < 1.29 is 4.79 Å². The number of Topliss-reactive ketones (excluding diaryl/α,β-unsaturated/α-hetero) is 1. The molecule has 0 aromatic rings. The van der Waals surface area contributed by atoms with Gasteiger partial charge in [-0.05, 0) is 24.7 Å². The monoisotopic (exact) mass is 280 g/mol. The van der Waals surface area contributed by atoms with Gasteiger partial charge in [0.05, 0.1) is 0 Å². The molecule has 118 valence electrons. The molecule has 20 heavy (non-hydrogen) atoms. The summed E-state index contributed by atoms with van der Waals surface area (Å²) in [4.78, 5) is 11.9. The summed E-state index contributed by atoms with van der Waals surface area (Å²) in [5, 5.41) is 0. The Morgan fingerprint density at radius 2 is 1.60 bits per heavy atom. The molecule has 0 aromatic heterocycles. The van der Waals surface area contributed by atoms with E-state index in [1.54, 1.807) is 0 Å². The Morgan fingerprint density at radius 1 is 0.950 bits per heavy atom. The van der Waals surface area contributed by atoms with Crippen LogP contribution in [0.25, 0.3) is 0 Å². The number of hydrogen-bond acceptors (Lipinski definition) is 1. The van der Waals surface area contributed by atoms with Gasteiger partial charge in [-0.25, -0.2) is 0 Å². The average molecular weight is 280 g/mol. The van der Waals surface area contributed by atoms with E-state index in [-0.39, 0.29) is 0 Å². The predicted octanol–water partition coefficient (Wildman–Crippen LogP) is 6.30. The van der Waals surface area contributed by atoms with Gasteiger partial charge in [-0.3, -0.25) is 4.79 Å². The van der Waals surface area contributed by atoms with Crippen LogP contribution in [-0.2, 0) is 4.79 Å². The van der Waals surface area contributed by atoms with Crippen molar-refractivity contribution in [2.75, 3.05) is 0 Å². The van der Waals surface area contributed by atoms with Gasteiger partial charge in [0, 0.05) is 12.8 Å². The first kappa shape index (κ1) is 17.7. The Bertz CT molecular complexity index is 240. The van der Waals surface area contributed by atoms with Gasteiger partial charge in [-0.1, -0.05) is 78.1 Å². The number of carbonyl (C=O) groups is 1. The van der Waals surface area contributed by atoms with Gasteiger partial charge in [0.1, 0.15) is 5.78 Å². The maximum Gasteiger partial charge on any atom is 0.132 e. The third kappa shape index (κ3) is 8.07. The molecule has 0 aromatic carbocycles. The van der Waals surface area contributed by atoms with E-state index in [1.807, 2.05) is 0 Å². The van der Waals surface area contributed by atoms with Gasteiger partial charge in [0.25, 0.3) is 0 Å². The van der Waals surface area contributed by atoms with Crippen molar-refractivity contribution in [3.63, 3.8) is 0 Å². The second-order valence-electron chi connectivity index (χ2n) is 6.97. The highest BCUT2D eigenvalue weighted by Crippen LogP contribution is 2.32. The minimum absolute atomic E-state index is 0.517. The second kappa shape index (κ2) is 11.3. The SMILES string of the molecule is CCCCCCCCC(=O)CCC(C)C1CCCCC1. The fourth-order valence-electron chi connectivity index (χ4n) is 3.56. The van der Waals surface area contributed by atoms with Crippen molar-refractivity contribution in [3.8, 4) is 0 Å². The summed E-state index contributed by atoms with van der Waals surface area (Å²) in [6.07, 6.45) is 17.6. The normalized spacial score (nSPS) is 18.1. The van der Waals surface area contributed by atoms with Gasteiger partial charge in [0.15, 0.2) is 0 Å². The van der Waals surface area contributed by atoms with Crippen LogP contribution in [0.4, 0.5) is 0 Å². The van der Waals surface area contributed by atoms with Crippen LogP contribution in [0.2, 0.25) is 0 Å². The van der Waals surface area contributed by atoms with E-state index in [4.69, 9.17) is 0 Å². The van der Waals surface area contributed by atoms with Crippen molar-refractivity contribution in [1.82, 2.24) is 0 Å². The van der Waals surface area contributed by atoms with Crippen LogP contribution in [-0.4, -0.2) is 5.78 Å². The maximum absolute atomic E-state index is 11.9. The molecule has 1 rings (SSSR count).